The van der Waals surface area contributed by atoms with Crippen molar-refractivity contribution in [2.75, 3.05) is 5.73 Å². The maximum absolute atomic E-state index is 11.2. The molecule has 98 valence electrons. The summed E-state index contributed by atoms with van der Waals surface area (Å²) in [6.07, 6.45) is 0. The molecule has 0 saturated carbocycles. The molecule has 3 nitrogen and oxygen atoms in total. The fourth-order valence-corrected chi connectivity index (χ4v) is 2.91. The van der Waals surface area contributed by atoms with Gasteiger partial charge in [-0.3, -0.25) is 0 Å². The zero-order valence-corrected chi connectivity index (χ0v) is 11.6. The molecule has 0 spiro atoms. The van der Waals surface area contributed by atoms with Gasteiger partial charge in [-0.15, -0.1) is 0 Å². The summed E-state index contributed by atoms with van der Waals surface area (Å²) in [6.45, 7) is 4.01. The van der Waals surface area contributed by atoms with Crippen molar-refractivity contribution in [2.45, 2.75) is 23.6 Å². The molecule has 0 aliphatic carbocycles. The molecule has 0 aliphatic rings. The van der Waals surface area contributed by atoms with Crippen molar-refractivity contribution in [1.29, 1.82) is 0 Å². The van der Waals surface area contributed by atoms with Crippen LogP contribution in [0.25, 0.3) is 0 Å². The van der Waals surface area contributed by atoms with Crippen molar-refractivity contribution in [1.82, 2.24) is 0 Å². The summed E-state index contributed by atoms with van der Waals surface area (Å²) in [5.41, 5.74) is 8.89. The van der Waals surface area contributed by atoms with Crippen LogP contribution in [0.4, 0.5) is 5.69 Å². The van der Waals surface area contributed by atoms with Gasteiger partial charge in [0.05, 0.1) is 5.56 Å². The lowest BCUT2D eigenvalue weighted by molar-refractivity contribution is 0.0693. The summed E-state index contributed by atoms with van der Waals surface area (Å²) >= 11 is 1.40. The normalized spacial score (nSPS) is 10.4. The van der Waals surface area contributed by atoms with Gasteiger partial charge >= 0.3 is 5.97 Å². The number of hydrogen-bond donors (Lipinski definition) is 2. The molecule has 0 atom stereocenters. The topological polar surface area (TPSA) is 63.3 Å². The number of rotatable bonds is 3. The minimum absolute atomic E-state index is 0.242. The maximum atomic E-state index is 11.2. The third-order valence-corrected chi connectivity index (χ3v) is 4.15. The molecule has 0 aliphatic heterocycles. The van der Waals surface area contributed by atoms with Gasteiger partial charge < -0.3 is 10.8 Å². The van der Waals surface area contributed by atoms with E-state index in [2.05, 4.69) is 0 Å². The number of nitrogen functional groups attached to an aromatic ring is 1. The largest absolute Gasteiger partial charge is 0.478 e. The Morgan fingerprint density at radius 2 is 1.95 bits per heavy atom. The van der Waals surface area contributed by atoms with E-state index in [0.29, 0.717) is 10.6 Å². The second kappa shape index (κ2) is 5.36. The summed E-state index contributed by atoms with van der Waals surface area (Å²) in [7, 11) is 0. The molecule has 19 heavy (non-hydrogen) atoms. The zero-order valence-electron chi connectivity index (χ0n) is 10.8. The highest BCUT2D eigenvalue weighted by molar-refractivity contribution is 7.99. The fraction of sp³-hybridized carbons (Fsp3) is 0.133. The molecule has 2 rings (SSSR count). The van der Waals surface area contributed by atoms with Crippen LogP contribution in [0.2, 0.25) is 0 Å². The molecule has 4 heteroatoms. The molecule has 2 aromatic rings. The van der Waals surface area contributed by atoms with E-state index in [1.54, 1.807) is 18.2 Å². The van der Waals surface area contributed by atoms with Gasteiger partial charge in [-0.25, -0.2) is 4.79 Å². The first-order chi connectivity index (χ1) is 8.99. The van der Waals surface area contributed by atoms with Crippen LogP contribution in [0.3, 0.4) is 0 Å². The number of nitrogens with two attached hydrogens (primary N) is 1. The lowest BCUT2D eigenvalue weighted by Crippen LogP contribution is -2.01. The predicted molar refractivity (Wildman–Crippen MR) is 77.9 cm³/mol. The number of aromatic carboxylic acids is 1. The molecule has 0 amide bonds. The predicted octanol–water partition coefficient (Wildman–Crippen LogP) is 3.74. The Morgan fingerprint density at radius 1 is 1.21 bits per heavy atom. The molecule has 0 saturated heterocycles. The van der Waals surface area contributed by atoms with E-state index in [1.807, 2.05) is 32.0 Å². The number of hydrogen-bond acceptors (Lipinski definition) is 3. The molecule has 0 fully saturated rings. The van der Waals surface area contributed by atoms with E-state index in [0.717, 1.165) is 16.0 Å². The van der Waals surface area contributed by atoms with Crippen LogP contribution in [-0.2, 0) is 0 Å². The third kappa shape index (κ3) is 2.90. The number of carboxylic acid groups (broad SMARTS) is 1. The first-order valence-electron chi connectivity index (χ1n) is 5.86. The Kier molecular flexibility index (Phi) is 3.81. The smallest absolute Gasteiger partial charge is 0.336 e. The fourth-order valence-electron chi connectivity index (χ4n) is 1.76. The Bertz CT molecular complexity index is 638. The van der Waals surface area contributed by atoms with Gasteiger partial charge in [0.2, 0.25) is 0 Å². The van der Waals surface area contributed by atoms with Gasteiger partial charge in [0.15, 0.2) is 0 Å². The van der Waals surface area contributed by atoms with E-state index in [1.165, 1.54) is 11.8 Å². The second-order valence-corrected chi connectivity index (χ2v) is 5.45. The van der Waals surface area contributed by atoms with Crippen LogP contribution in [-0.4, -0.2) is 11.1 Å². The van der Waals surface area contributed by atoms with Crippen molar-refractivity contribution in [3.05, 3.63) is 53.1 Å². The third-order valence-electron chi connectivity index (χ3n) is 2.83. The monoisotopic (exact) mass is 273 g/mol. The summed E-state index contributed by atoms with van der Waals surface area (Å²) in [5, 5.41) is 9.22. The maximum Gasteiger partial charge on any atom is 0.336 e. The molecular weight excluding hydrogens is 258 g/mol. The van der Waals surface area contributed by atoms with Crippen molar-refractivity contribution in [3.63, 3.8) is 0 Å². The number of anilines is 1. The quantitative estimate of drug-likeness (QED) is 0.836. The number of aryl methyl sites for hydroxylation is 2. The molecule has 0 unspecified atom stereocenters. The second-order valence-electron chi connectivity index (χ2n) is 4.40. The molecule has 0 radical (unpaired) electrons. The Balaban J connectivity index is 2.49. The van der Waals surface area contributed by atoms with E-state index in [4.69, 9.17) is 5.73 Å². The molecule has 3 N–H and O–H groups in total. The average Bonchev–Trinajstić information content (AvgIpc) is 2.35. The minimum atomic E-state index is -0.958. The Hall–Kier alpha value is -1.94. The SMILES string of the molecule is Cc1ccc(C)c(Sc2c(N)cccc2C(=O)O)c1. The van der Waals surface area contributed by atoms with Gasteiger partial charge in [-0.05, 0) is 43.2 Å². The van der Waals surface area contributed by atoms with Crippen LogP contribution < -0.4 is 5.73 Å². The number of carboxylic acids is 1. The first kappa shape index (κ1) is 13.5. The van der Waals surface area contributed by atoms with Gasteiger partial charge in [-0.1, -0.05) is 30.0 Å². The van der Waals surface area contributed by atoms with E-state index < -0.39 is 5.97 Å². The molecule has 2 aromatic carbocycles. The van der Waals surface area contributed by atoms with Crippen molar-refractivity contribution >= 4 is 23.4 Å². The highest BCUT2D eigenvalue weighted by Crippen LogP contribution is 2.36. The van der Waals surface area contributed by atoms with Gasteiger partial charge in [0.1, 0.15) is 0 Å². The Labute approximate surface area is 116 Å². The number of carbonyl (C=O) groups is 1. The lowest BCUT2D eigenvalue weighted by atomic mass is 10.2. The minimum Gasteiger partial charge on any atom is -0.478 e. The van der Waals surface area contributed by atoms with Gasteiger partial charge in [0, 0.05) is 15.5 Å². The van der Waals surface area contributed by atoms with E-state index in [-0.39, 0.29) is 5.56 Å². The zero-order chi connectivity index (χ0) is 14.0. The van der Waals surface area contributed by atoms with Gasteiger partial charge in [-0.2, -0.15) is 0 Å². The molecular formula is C15H15NO2S. The first-order valence-corrected chi connectivity index (χ1v) is 6.67. The van der Waals surface area contributed by atoms with Crippen LogP contribution in [0.5, 0.6) is 0 Å². The Morgan fingerprint density at radius 3 is 2.63 bits per heavy atom. The molecule has 0 aromatic heterocycles. The number of benzene rings is 2. The van der Waals surface area contributed by atoms with Crippen LogP contribution in [0.15, 0.2) is 46.2 Å². The van der Waals surface area contributed by atoms with Crippen LogP contribution in [0.1, 0.15) is 21.5 Å². The van der Waals surface area contributed by atoms with Crippen LogP contribution in [0, 0.1) is 13.8 Å². The van der Waals surface area contributed by atoms with E-state index >= 15 is 0 Å². The lowest BCUT2D eigenvalue weighted by Gasteiger charge is -2.11. The highest BCUT2D eigenvalue weighted by Gasteiger charge is 2.14. The van der Waals surface area contributed by atoms with Gasteiger partial charge in [0.25, 0.3) is 0 Å². The average molecular weight is 273 g/mol. The highest BCUT2D eigenvalue weighted by atomic mass is 32.2. The summed E-state index contributed by atoms with van der Waals surface area (Å²) in [5.74, 6) is -0.958. The molecule has 0 bridgehead atoms. The van der Waals surface area contributed by atoms with Crippen LogP contribution >= 0.6 is 11.8 Å². The summed E-state index contributed by atoms with van der Waals surface area (Å²) in [6, 6.07) is 11.1. The van der Waals surface area contributed by atoms with Crippen molar-refractivity contribution in [3.8, 4) is 0 Å². The molecule has 0 heterocycles. The summed E-state index contributed by atoms with van der Waals surface area (Å²) < 4.78 is 0. The summed E-state index contributed by atoms with van der Waals surface area (Å²) in [4.78, 5) is 12.9. The van der Waals surface area contributed by atoms with E-state index in [9.17, 15) is 9.90 Å². The van der Waals surface area contributed by atoms with Crippen molar-refractivity contribution < 1.29 is 9.90 Å². The van der Waals surface area contributed by atoms with Crippen molar-refractivity contribution in [2.24, 2.45) is 0 Å². The standard InChI is InChI=1S/C15H15NO2S/c1-9-6-7-10(2)13(8-9)19-14-11(15(17)18)4-3-5-12(14)16/h3-8H,16H2,1-2H3,(H,17,18).